The first-order valence-electron chi connectivity index (χ1n) is 8.33. The predicted molar refractivity (Wildman–Crippen MR) is 88.0 cm³/mol. The average Bonchev–Trinajstić information content (AvgIpc) is 2.48. The maximum atomic E-state index is 10.8. The highest BCUT2D eigenvalue weighted by Crippen LogP contribution is 2.40. The molecule has 0 heterocycles. The number of unbranched alkanes of at least 4 members (excludes halogenated alkanes) is 2. The lowest BCUT2D eigenvalue weighted by Crippen LogP contribution is -2.13. The van der Waals surface area contributed by atoms with Crippen molar-refractivity contribution in [1.82, 2.24) is 0 Å². The second kappa shape index (κ2) is 8.14. The molecule has 0 unspecified atom stereocenters. The highest BCUT2D eigenvalue weighted by molar-refractivity contribution is 7.46. The molecule has 0 saturated heterocycles. The van der Waals surface area contributed by atoms with Gasteiger partial charge in [-0.05, 0) is 55.2 Å². The van der Waals surface area contributed by atoms with Crippen LogP contribution in [-0.4, -0.2) is 9.79 Å². The molecule has 1 aromatic carbocycles. The molecule has 1 aliphatic carbocycles. The summed E-state index contributed by atoms with van der Waals surface area (Å²) >= 11 is 0. The molecule has 4 nitrogen and oxygen atoms in total. The Morgan fingerprint density at radius 3 is 2.27 bits per heavy atom. The first-order valence-corrected chi connectivity index (χ1v) is 9.86. The van der Waals surface area contributed by atoms with E-state index < -0.39 is 7.82 Å². The summed E-state index contributed by atoms with van der Waals surface area (Å²) in [5.41, 5.74) is 1.25. The molecule has 0 amide bonds. The van der Waals surface area contributed by atoms with Gasteiger partial charge in [0.25, 0.3) is 0 Å². The van der Waals surface area contributed by atoms with Crippen molar-refractivity contribution in [3.05, 3.63) is 29.8 Å². The van der Waals surface area contributed by atoms with Crippen molar-refractivity contribution in [3.63, 3.8) is 0 Å². The molecule has 1 saturated carbocycles. The molecular formula is C17H27O4P. The van der Waals surface area contributed by atoms with Crippen molar-refractivity contribution in [2.75, 3.05) is 0 Å². The van der Waals surface area contributed by atoms with Crippen LogP contribution in [0.4, 0.5) is 0 Å². The Kier molecular flexibility index (Phi) is 6.49. The molecule has 1 fully saturated rings. The second-order valence-corrected chi connectivity index (χ2v) is 7.53. The Bertz CT molecular complexity index is 486. The summed E-state index contributed by atoms with van der Waals surface area (Å²) in [6.45, 7) is 2.25. The maximum absolute atomic E-state index is 10.8. The standard InChI is InChI=1S/C17H27O4P/c1-2-3-4-5-14-6-8-15(9-7-14)16-10-12-17(13-11-16)21-22(18,19)20/h10-15H,2-9H2,1H3,(H2,18,19,20). The van der Waals surface area contributed by atoms with Crippen LogP contribution in [0.15, 0.2) is 24.3 Å². The van der Waals surface area contributed by atoms with E-state index in [0.29, 0.717) is 5.92 Å². The van der Waals surface area contributed by atoms with Gasteiger partial charge in [0, 0.05) is 0 Å². The number of hydrogen-bond donors (Lipinski definition) is 2. The first kappa shape index (κ1) is 17.5. The van der Waals surface area contributed by atoms with Crippen LogP contribution in [0.5, 0.6) is 5.75 Å². The largest absolute Gasteiger partial charge is 0.524 e. The number of phosphoric acid groups is 1. The van der Waals surface area contributed by atoms with E-state index >= 15 is 0 Å². The Labute approximate surface area is 133 Å². The van der Waals surface area contributed by atoms with Crippen molar-refractivity contribution < 1.29 is 18.9 Å². The third-order valence-corrected chi connectivity index (χ3v) is 5.09. The SMILES string of the molecule is CCCCCC1CCC(c2ccc(OP(=O)(O)O)cc2)CC1. The van der Waals surface area contributed by atoms with Gasteiger partial charge >= 0.3 is 7.82 Å². The van der Waals surface area contributed by atoms with Gasteiger partial charge in [0.05, 0.1) is 0 Å². The van der Waals surface area contributed by atoms with Gasteiger partial charge in [0.1, 0.15) is 5.75 Å². The van der Waals surface area contributed by atoms with Gasteiger partial charge < -0.3 is 4.52 Å². The summed E-state index contributed by atoms with van der Waals surface area (Å²) in [5.74, 6) is 1.69. The van der Waals surface area contributed by atoms with Crippen LogP contribution in [0, 0.1) is 5.92 Å². The van der Waals surface area contributed by atoms with Crippen LogP contribution in [-0.2, 0) is 4.57 Å². The van der Waals surface area contributed by atoms with Gasteiger partial charge in [-0.2, -0.15) is 0 Å². The third kappa shape index (κ3) is 5.75. The maximum Gasteiger partial charge on any atom is 0.524 e. The summed E-state index contributed by atoms with van der Waals surface area (Å²) in [4.78, 5) is 17.6. The molecule has 5 heteroatoms. The quantitative estimate of drug-likeness (QED) is 0.546. The minimum absolute atomic E-state index is 0.227. The van der Waals surface area contributed by atoms with Crippen LogP contribution < -0.4 is 4.52 Å². The smallest absolute Gasteiger partial charge is 0.404 e. The Balaban J connectivity index is 1.82. The zero-order valence-corrected chi connectivity index (χ0v) is 14.2. The zero-order valence-electron chi connectivity index (χ0n) is 13.3. The molecule has 0 spiro atoms. The molecule has 2 rings (SSSR count). The summed E-state index contributed by atoms with van der Waals surface area (Å²) in [7, 11) is -4.46. The highest BCUT2D eigenvalue weighted by Gasteiger charge is 2.22. The lowest BCUT2D eigenvalue weighted by atomic mass is 9.77. The topological polar surface area (TPSA) is 66.8 Å². The lowest BCUT2D eigenvalue weighted by Gasteiger charge is -2.29. The Morgan fingerprint density at radius 2 is 1.73 bits per heavy atom. The highest BCUT2D eigenvalue weighted by atomic mass is 31.2. The number of phosphoric ester groups is 1. The summed E-state index contributed by atoms with van der Waals surface area (Å²) < 4.78 is 15.4. The molecule has 0 aromatic heterocycles. The van der Waals surface area contributed by atoms with Gasteiger partial charge in [-0.1, -0.05) is 44.7 Å². The van der Waals surface area contributed by atoms with Gasteiger partial charge in [0.15, 0.2) is 0 Å². The van der Waals surface area contributed by atoms with E-state index in [2.05, 4.69) is 11.4 Å². The van der Waals surface area contributed by atoms with Crippen molar-refractivity contribution in [2.24, 2.45) is 5.92 Å². The van der Waals surface area contributed by atoms with E-state index in [-0.39, 0.29) is 5.75 Å². The van der Waals surface area contributed by atoms with Gasteiger partial charge in [-0.3, -0.25) is 9.79 Å². The van der Waals surface area contributed by atoms with Gasteiger partial charge in [0.2, 0.25) is 0 Å². The average molecular weight is 326 g/mol. The third-order valence-electron chi connectivity index (χ3n) is 4.64. The first-order chi connectivity index (χ1) is 10.5. The molecule has 124 valence electrons. The zero-order chi connectivity index (χ0) is 16.0. The van der Waals surface area contributed by atoms with E-state index in [1.807, 2.05) is 12.1 Å². The van der Waals surface area contributed by atoms with Crippen LogP contribution in [0.1, 0.15) is 69.8 Å². The van der Waals surface area contributed by atoms with Crippen molar-refractivity contribution in [3.8, 4) is 5.75 Å². The summed E-state index contributed by atoms with van der Waals surface area (Å²) in [6.07, 6.45) is 10.4. The molecule has 0 radical (unpaired) electrons. The molecule has 1 aromatic rings. The van der Waals surface area contributed by atoms with Crippen LogP contribution in [0.25, 0.3) is 0 Å². The monoisotopic (exact) mass is 326 g/mol. The fraction of sp³-hybridized carbons (Fsp3) is 0.647. The minimum atomic E-state index is -4.46. The molecular weight excluding hydrogens is 299 g/mol. The van der Waals surface area contributed by atoms with E-state index in [9.17, 15) is 4.57 Å². The number of hydrogen-bond acceptors (Lipinski definition) is 2. The van der Waals surface area contributed by atoms with Crippen molar-refractivity contribution in [1.29, 1.82) is 0 Å². The van der Waals surface area contributed by atoms with Crippen LogP contribution in [0.3, 0.4) is 0 Å². The fourth-order valence-corrected chi connectivity index (χ4v) is 3.80. The molecule has 0 atom stereocenters. The predicted octanol–water partition coefficient (Wildman–Crippen LogP) is 5.01. The summed E-state index contributed by atoms with van der Waals surface area (Å²) in [5, 5.41) is 0. The Morgan fingerprint density at radius 1 is 1.09 bits per heavy atom. The van der Waals surface area contributed by atoms with Crippen LogP contribution >= 0.6 is 7.82 Å². The van der Waals surface area contributed by atoms with Gasteiger partial charge in [-0.25, -0.2) is 4.57 Å². The molecule has 2 N–H and O–H groups in total. The van der Waals surface area contributed by atoms with E-state index in [1.54, 1.807) is 12.1 Å². The van der Waals surface area contributed by atoms with Crippen molar-refractivity contribution >= 4 is 7.82 Å². The van der Waals surface area contributed by atoms with E-state index in [1.165, 1.54) is 56.9 Å². The fourth-order valence-electron chi connectivity index (χ4n) is 3.41. The second-order valence-electron chi connectivity index (χ2n) is 6.36. The van der Waals surface area contributed by atoms with Gasteiger partial charge in [-0.15, -0.1) is 0 Å². The van der Waals surface area contributed by atoms with Crippen molar-refractivity contribution in [2.45, 2.75) is 64.2 Å². The lowest BCUT2D eigenvalue weighted by molar-refractivity contribution is 0.283. The molecule has 0 aliphatic heterocycles. The van der Waals surface area contributed by atoms with E-state index in [0.717, 1.165) is 5.92 Å². The van der Waals surface area contributed by atoms with E-state index in [4.69, 9.17) is 9.79 Å². The number of benzene rings is 1. The van der Waals surface area contributed by atoms with Crippen LogP contribution in [0.2, 0.25) is 0 Å². The minimum Gasteiger partial charge on any atom is -0.404 e. The normalized spacial score (nSPS) is 22.5. The molecule has 0 bridgehead atoms. The molecule has 22 heavy (non-hydrogen) atoms. The molecule has 1 aliphatic rings. The summed E-state index contributed by atoms with van der Waals surface area (Å²) in [6, 6.07) is 7.18. The Hall–Kier alpha value is -0.830. The number of rotatable bonds is 7.